The van der Waals surface area contributed by atoms with Gasteiger partial charge in [0.25, 0.3) is 0 Å². The topological polar surface area (TPSA) is 32.3 Å². The first kappa shape index (κ1) is 12.4. The third-order valence-electron chi connectivity index (χ3n) is 3.68. The van der Waals surface area contributed by atoms with E-state index in [0.29, 0.717) is 12.6 Å². The molecular weight excluding hydrogens is 217 g/mol. The molecule has 17 heavy (non-hydrogen) atoms. The van der Waals surface area contributed by atoms with Gasteiger partial charge >= 0.3 is 0 Å². The second-order valence-electron chi connectivity index (χ2n) is 5.03. The van der Waals surface area contributed by atoms with Gasteiger partial charge in [-0.1, -0.05) is 12.8 Å². The molecule has 2 nitrogen and oxygen atoms in total. The van der Waals surface area contributed by atoms with Gasteiger partial charge in [-0.15, -0.1) is 0 Å². The van der Waals surface area contributed by atoms with Crippen LogP contribution in [0.4, 0.5) is 4.39 Å². The van der Waals surface area contributed by atoms with Crippen LogP contribution >= 0.6 is 0 Å². The first-order chi connectivity index (χ1) is 8.15. The zero-order valence-corrected chi connectivity index (χ0v) is 10.2. The summed E-state index contributed by atoms with van der Waals surface area (Å²) in [5, 5.41) is 12.7. The summed E-state index contributed by atoms with van der Waals surface area (Å²) < 4.78 is 13.1. The van der Waals surface area contributed by atoms with Crippen LogP contribution in [0.25, 0.3) is 0 Å². The Bertz CT molecular complexity index is 354. The standard InChI is InChI=1S/C14H20FNO/c1-10(12-4-2-3-5-12)16-9-11-6-13(15)8-14(17)7-11/h6-8,10,12,16-17H,2-5,9H2,1H3. The van der Waals surface area contributed by atoms with Crippen LogP contribution in [0.2, 0.25) is 0 Å². The van der Waals surface area contributed by atoms with Crippen molar-refractivity contribution in [3.8, 4) is 5.75 Å². The molecular formula is C14H20FNO. The molecule has 1 aliphatic rings. The van der Waals surface area contributed by atoms with Crippen LogP contribution in [0.1, 0.15) is 38.2 Å². The molecule has 0 amide bonds. The lowest BCUT2D eigenvalue weighted by molar-refractivity contribution is 0.379. The van der Waals surface area contributed by atoms with Crippen LogP contribution in [0, 0.1) is 11.7 Å². The molecule has 1 saturated carbocycles. The van der Waals surface area contributed by atoms with Gasteiger partial charge < -0.3 is 10.4 Å². The number of hydrogen-bond donors (Lipinski definition) is 2. The molecule has 94 valence electrons. The van der Waals surface area contributed by atoms with Crippen LogP contribution in [0.15, 0.2) is 18.2 Å². The summed E-state index contributed by atoms with van der Waals surface area (Å²) in [6.07, 6.45) is 5.25. The number of phenols is 1. The smallest absolute Gasteiger partial charge is 0.127 e. The van der Waals surface area contributed by atoms with E-state index in [1.54, 1.807) is 6.07 Å². The van der Waals surface area contributed by atoms with Gasteiger partial charge in [0.1, 0.15) is 11.6 Å². The Balaban J connectivity index is 1.88. The van der Waals surface area contributed by atoms with E-state index >= 15 is 0 Å². The van der Waals surface area contributed by atoms with Crippen LogP contribution in [0.3, 0.4) is 0 Å². The molecule has 0 aromatic heterocycles. The fourth-order valence-corrected chi connectivity index (χ4v) is 2.64. The van der Waals surface area contributed by atoms with Crippen molar-refractivity contribution in [2.24, 2.45) is 5.92 Å². The van der Waals surface area contributed by atoms with E-state index in [2.05, 4.69) is 12.2 Å². The Morgan fingerprint density at radius 3 is 2.71 bits per heavy atom. The van der Waals surface area contributed by atoms with Crippen molar-refractivity contribution >= 4 is 0 Å². The maximum atomic E-state index is 13.1. The first-order valence-electron chi connectivity index (χ1n) is 6.37. The second kappa shape index (κ2) is 5.50. The average molecular weight is 237 g/mol. The minimum atomic E-state index is -0.379. The number of nitrogens with one attached hydrogen (secondary N) is 1. The molecule has 1 aliphatic carbocycles. The summed E-state index contributed by atoms with van der Waals surface area (Å²) in [6, 6.07) is 4.66. The third-order valence-corrected chi connectivity index (χ3v) is 3.68. The minimum absolute atomic E-state index is 0.00433. The van der Waals surface area contributed by atoms with Gasteiger partial charge in [-0.25, -0.2) is 4.39 Å². The van der Waals surface area contributed by atoms with Gasteiger partial charge in [-0.2, -0.15) is 0 Å². The van der Waals surface area contributed by atoms with Gasteiger partial charge in [0.2, 0.25) is 0 Å². The third kappa shape index (κ3) is 3.43. The van der Waals surface area contributed by atoms with Gasteiger partial charge in [0, 0.05) is 18.7 Å². The van der Waals surface area contributed by atoms with Gasteiger partial charge in [0.15, 0.2) is 0 Å². The number of aromatic hydroxyl groups is 1. The molecule has 0 radical (unpaired) electrons. The molecule has 0 aliphatic heterocycles. The molecule has 2 rings (SSSR count). The molecule has 1 unspecified atom stereocenters. The van der Waals surface area contributed by atoms with Crippen molar-refractivity contribution in [2.45, 2.75) is 45.2 Å². The summed E-state index contributed by atoms with van der Waals surface area (Å²) in [5.74, 6) is 0.364. The average Bonchev–Trinajstić information content (AvgIpc) is 2.78. The molecule has 1 atom stereocenters. The molecule has 0 spiro atoms. The normalized spacial score (nSPS) is 18.5. The fraction of sp³-hybridized carbons (Fsp3) is 0.571. The highest BCUT2D eigenvalue weighted by Gasteiger charge is 2.20. The zero-order valence-electron chi connectivity index (χ0n) is 10.2. The lowest BCUT2D eigenvalue weighted by Gasteiger charge is -2.20. The predicted octanol–water partition coefficient (Wildman–Crippen LogP) is 3.20. The number of phenolic OH excluding ortho intramolecular Hbond substituents is 1. The van der Waals surface area contributed by atoms with E-state index in [4.69, 9.17) is 0 Å². The zero-order chi connectivity index (χ0) is 12.3. The van der Waals surface area contributed by atoms with E-state index in [-0.39, 0.29) is 11.6 Å². The first-order valence-corrected chi connectivity index (χ1v) is 6.37. The van der Waals surface area contributed by atoms with Crippen molar-refractivity contribution < 1.29 is 9.50 Å². The molecule has 1 aromatic carbocycles. The van der Waals surface area contributed by atoms with Crippen LogP contribution in [-0.4, -0.2) is 11.1 Å². The number of rotatable bonds is 4. The largest absolute Gasteiger partial charge is 0.508 e. The van der Waals surface area contributed by atoms with Gasteiger partial charge in [-0.3, -0.25) is 0 Å². The number of benzene rings is 1. The maximum Gasteiger partial charge on any atom is 0.127 e. The lowest BCUT2D eigenvalue weighted by atomic mass is 9.99. The van der Waals surface area contributed by atoms with Crippen LogP contribution in [0.5, 0.6) is 5.75 Å². The van der Waals surface area contributed by atoms with E-state index in [0.717, 1.165) is 17.5 Å². The SMILES string of the molecule is CC(NCc1cc(O)cc(F)c1)C1CCCC1. The Hall–Kier alpha value is -1.09. The Kier molecular flexibility index (Phi) is 4.00. The molecule has 1 aromatic rings. The molecule has 1 fully saturated rings. The minimum Gasteiger partial charge on any atom is -0.508 e. The highest BCUT2D eigenvalue weighted by molar-refractivity contribution is 5.28. The Morgan fingerprint density at radius 2 is 2.06 bits per heavy atom. The predicted molar refractivity (Wildman–Crippen MR) is 66.3 cm³/mol. The molecule has 3 heteroatoms. The summed E-state index contributed by atoms with van der Waals surface area (Å²) in [6.45, 7) is 2.80. The number of halogens is 1. The van der Waals surface area contributed by atoms with Gasteiger partial charge in [-0.05, 0) is 43.4 Å². The highest BCUT2D eigenvalue weighted by atomic mass is 19.1. The Labute approximate surface area is 102 Å². The van der Waals surface area contributed by atoms with Crippen molar-refractivity contribution in [3.63, 3.8) is 0 Å². The van der Waals surface area contributed by atoms with E-state index in [1.807, 2.05) is 0 Å². The van der Waals surface area contributed by atoms with Crippen molar-refractivity contribution in [2.75, 3.05) is 0 Å². The lowest BCUT2D eigenvalue weighted by Crippen LogP contribution is -2.31. The van der Waals surface area contributed by atoms with E-state index < -0.39 is 0 Å². The summed E-state index contributed by atoms with van der Waals surface area (Å²) in [7, 11) is 0. The fourth-order valence-electron chi connectivity index (χ4n) is 2.64. The Morgan fingerprint density at radius 1 is 1.35 bits per heavy atom. The maximum absolute atomic E-state index is 13.1. The summed E-state index contributed by atoms with van der Waals surface area (Å²) >= 11 is 0. The molecule has 2 N–H and O–H groups in total. The molecule has 0 heterocycles. The van der Waals surface area contributed by atoms with Crippen molar-refractivity contribution in [1.29, 1.82) is 0 Å². The summed E-state index contributed by atoms with van der Waals surface area (Å²) in [4.78, 5) is 0. The van der Waals surface area contributed by atoms with Crippen LogP contribution in [-0.2, 0) is 6.54 Å². The van der Waals surface area contributed by atoms with Crippen molar-refractivity contribution in [3.05, 3.63) is 29.6 Å². The quantitative estimate of drug-likeness (QED) is 0.842. The monoisotopic (exact) mass is 237 g/mol. The highest BCUT2D eigenvalue weighted by Crippen LogP contribution is 2.27. The molecule has 0 saturated heterocycles. The van der Waals surface area contributed by atoms with E-state index in [1.165, 1.54) is 31.7 Å². The van der Waals surface area contributed by atoms with E-state index in [9.17, 15) is 9.50 Å². The van der Waals surface area contributed by atoms with Crippen molar-refractivity contribution in [1.82, 2.24) is 5.32 Å². The number of hydrogen-bond acceptors (Lipinski definition) is 2. The summed E-state index contributed by atoms with van der Waals surface area (Å²) in [5.41, 5.74) is 0.798. The van der Waals surface area contributed by atoms with Gasteiger partial charge in [0.05, 0.1) is 0 Å². The second-order valence-corrected chi connectivity index (χ2v) is 5.03. The van der Waals surface area contributed by atoms with Crippen LogP contribution < -0.4 is 5.32 Å². The molecule has 0 bridgehead atoms.